The molecular weight excluding hydrogens is 1100 g/mol. The van der Waals surface area contributed by atoms with Crippen molar-refractivity contribution in [2.24, 2.45) is 11.5 Å². The second-order valence-corrected chi connectivity index (χ2v) is 19.0. The van der Waals surface area contributed by atoms with Gasteiger partial charge < -0.3 is 72.9 Å². The maximum atomic E-state index is 13.2. The number of hydrogen-bond acceptors (Lipinski definition) is 19. The molecule has 0 saturated carbocycles. The Morgan fingerprint density at radius 1 is 0.536 bits per heavy atom. The average molecular weight is 1180 g/mol. The molecule has 6 aromatic rings. The van der Waals surface area contributed by atoms with Gasteiger partial charge in [-0.05, 0) is 151 Å². The Morgan fingerprint density at radius 3 is 1.31 bits per heavy atom. The zero-order valence-corrected chi connectivity index (χ0v) is 48.5. The third kappa shape index (κ3) is 22.0. The molecule has 0 aliphatic heterocycles. The van der Waals surface area contributed by atoms with Crippen LogP contribution in [0.3, 0.4) is 0 Å². The molecule has 4 amide bonds. The number of nitrogens with two attached hydrogens (primary N) is 2. The van der Waals surface area contributed by atoms with Gasteiger partial charge in [-0.25, -0.2) is 29.5 Å². The number of aromatic hydroxyl groups is 2. The van der Waals surface area contributed by atoms with Gasteiger partial charge in [-0.3, -0.25) is 19.2 Å². The number of benzene rings is 4. The normalized spacial score (nSPS) is 11.2. The first-order valence-electron chi connectivity index (χ1n) is 27.0. The van der Waals surface area contributed by atoms with Crippen LogP contribution in [0.1, 0.15) is 101 Å². The molecule has 2 heterocycles. The number of rotatable bonds is 30. The Kier molecular flexibility index (Phi) is 28.1. The van der Waals surface area contributed by atoms with Gasteiger partial charge in [0.1, 0.15) is 35.1 Å². The van der Waals surface area contributed by atoms with Crippen LogP contribution >= 0.6 is 12.4 Å². The topological polar surface area (TPSA) is 367 Å². The molecule has 0 aliphatic rings. The predicted octanol–water partition coefficient (Wildman–Crippen LogP) is 4.88. The van der Waals surface area contributed by atoms with E-state index in [0.717, 1.165) is 36.8 Å². The molecule has 2 aromatic heterocycles. The summed E-state index contributed by atoms with van der Waals surface area (Å²) in [4.78, 5) is 93.4. The number of carbonyl (C=O) groups is 6. The molecule has 0 aliphatic carbocycles. The monoisotopic (exact) mass is 1180 g/mol. The van der Waals surface area contributed by atoms with E-state index in [1.54, 1.807) is 113 Å². The van der Waals surface area contributed by atoms with Crippen molar-refractivity contribution in [1.82, 2.24) is 41.2 Å². The summed E-state index contributed by atoms with van der Waals surface area (Å²) >= 11 is 0. The summed E-state index contributed by atoms with van der Waals surface area (Å²) in [6.07, 6.45) is 4.42. The van der Waals surface area contributed by atoms with Crippen molar-refractivity contribution in [3.63, 3.8) is 0 Å². The van der Waals surface area contributed by atoms with E-state index in [-0.39, 0.29) is 53.7 Å². The standard InChI is InChI=1S/C30H38N6O6.C29H36N6O6.ClH/c1-19-26(20(2)35-30(34-19)32-14-6-9-21-8-4-11-23(37)16-21)28(39)36-25(29(40)41-3)18-33-27(38)22-10-5-12-24(17-22)42-15-7-13-31;1-18-25(19(2)34-29(33-18)31-13-5-8-20-7-3-10-22(36)15-20)27(38)35-24(28(39)40)17-32-26(37)21-9-4-11-23(16-21)41-14-6-12-30;/h4-5,8,10-12,16-17,25,37H,6-7,9,13-15,18,31H2,1-3H3,(H,33,38)(H,36,39)(H,32,34,35);3-4,7,9-11,15-16,24,36H,5-6,8,12-14,17,30H2,1-2H3,(H,32,37)(H,35,38)(H,39,40)(H,31,33,34);1H/t25-;24-;/m00./s1. The molecule has 13 N–H and O–H groups in total. The lowest BCUT2D eigenvalue weighted by Crippen LogP contribution is -2.49. The van der Waals surface area contributed by atoms with E-state index in [9.17, 15) is 44.1 Å². The number of amides is 4. The minimum atomic E-state index is -1.38. The van der Waals surface area contributed by atoms with Crippen molar-refractivity contribution >= 4 is 59.9 Å². The average Bonchev–Trinajstić information content (AvgIpc) is 3.53. The lowest BCUT2D eigenvalue weighted by atomic mass is 10.1. The molecule has 24 nitrogen and oxygen atoms in total. The van der Waals surface area contributed by atoms with Crippen LogP contribution in [0.15, 0.2) is 97.1 Å². The van der Waals surface area contributed by atoms with Crippen LogP contribution in [0.2, 0.25) is 0 Å². The number of ether oxygens (including phenoxy) is 3. The number of carbonyl (C=O) groups excluding carboxylic acids is 5. The SMILES string of the molecule is COC(=O)[C@H](CNC(=O)c1cccc(OCCCN)c1)NC(=O)c1c(C)nc(NCCCc2cccc(O)c2)nc1C.Cc1nc(NCCCc2cccc(O)c2)nc(C)c1C(=O)N[C@@H](CNC(=O)c1cccc(OCCCN)c1)C(=O)O.Cl. The highest BCUT2D eigenvalue weighted by Crippen LogP contribution is 2.19. The number of phenolic OH excluding ortho intramolecular Hbond substituents is 2. The van der Waals surface area contributed by atoms with Crippen LogP contribution in [0, 0.1) is 27.7 Å². The minimum Gasteiger partial charge on any atom is -0.508 e. The Bertz CT molecular complexity index is 3120. The first-order valence-corrected chi connectivity index (χ1v) is 27.0. The molecule has 84 heavy (non-hydrogen) atoms. The number of carboxylic acid groups (broad SMARTS) is 1. The third-order valence-corrected chi connectivity index (χ3v) is 12.4. The van der Waals surface area contributed by atoms with Gasteiger partial charge in [-0.15, -0.1) is 12.4 Å². The van der Waals surface area contributed by atoms with Gasteiger partial charge in [-0.2, -0.15) is 0 Å². The summed E-state index contributed by atoms with van der Waals surface area (Å²) in [6.45, 7) is 9.08. The number of nitrogens with one attached hydrogen (secondary N) is 6. The highest BCUT2D eigenvalue weighted by atomic mass is 35.5. The van der Waals surface area contributed by atoms with E-state index in [2.05, 4.69) is 51.8 Å². The Balaban J connectivity index is 0.000000356. The maximum Gasteiger partial charge on any atom is 0.330 e. The number of nitrogens with zero attached hydrogens (tertiary/aromatic N) is 4. The maximum absolute atomic E-state index is 13.2. The van der Waals surface area contributed by atoms with Crippen molar-refractivity contribution in [2.45, 2.75) is 78.3 Å². The lowest BCUT2D eigenvalue weighted by Gasteiger charge is -2.19. The number of halogens is 1. The molecule has 0 spiro atoms. The van der Waals surface area contributed by atoms with Gasteiger partial charge in [0, 0.05) is 37.3 Å². The van der Waals surface area contributed by atoms with Gasteiger partial charge >= 0.3 is 11.9 Å². The van der Waals surface area contributed by atoms with E-state index in [0.29, 0.717) is 104 Å². The molecule has 0 unspecified atom stereocenters. The van der Waals surface area contributed by atoms with E-state index in [1.807, 2.05) is 12.1 Å². The lowest BCUT2D eigenvalue weighted by molar-refractivity contribution is -0.142. The number of aryl methyl sites for hydroxylation is 6. The molecular formula is C59H75ClN12O12. The van der Waals surface area contributed by atoms with E-state index < -0.39 is 47.7 Å². The summed E-state index contributed by atoms with van der Waals surface area (Å²) in [6, 6.07) is 24.7. The van der Waals surface area contributed by atoms with E-state index >= 15 is 0 Å². The van der Waals surface area contributed by atoms with Gasteiger partial charge in [0.25, 0.3) is 23.6 Å². The van der Waals surface area contributed by atoms with Gasteiger partial charge in [0.15, 0.2) is 0 Å². The number of aromatic nitrogens is 4. The van der Waals surface area contributed by atoms with Crippen LogP contribution in [0.25, 0.3) is 0 Å². The highest BCUT2D eigenvalue weighted by molar-refractivity contribution is 6.00. The van der Waals surface area contributed by atoms with Gasteiger partial charge in [0.05, 0.1) is 54.2 Å². The molecule has 0 fully saturated rings. The van der Waals surface area contributed by atoms with Crippen LogP contribution in [0.4, 0.5) is 11.9 Å². The van der Waals surface area contributed by atoms with Crippen molar-refractivity contribution in [2.75, 3.05) is 70.2 Å². The Morgan fingerprint density at radius 2 is 0.929 bits per heavy atom. The second kappa shape index (κ2) is 35.0. The zero-order chi connectivity index (χ0) is 60.3. The number of anilines is 2. The molecule has 0 saturated heterocycles. The van der Waals surface area contributed by atoms with Crippen molar-refractivity contribution in [3.05, 3.63) is 153 Å². The number of methoxy groups -OCH3 is 1. The van der Waals surface area contributed by atoms with Crippen LogP contribution in [0.5, 0.6) is 23.0 Å². The molecule has 450 valence electrons. The Labute approximate surface area is 493 Å². The largest absolute Gasteiger partial charge is 0.508 e. The molecule has 6 rings (SSSR count). The van der Waals surface area contributed by atoms with Crippen LogP contribution in [-0.4, -0.2) is 142 Å². The van der Waals surface area contributed by atoms with Crippen molar-refractivity contribution < 1.29 is 58.3 Å². The number of phenols is 2. The highest BCUT2D eigenvalue weighted by Gasteiger charge is 2.27. The second-order valence-electron chi connectivity index (χ2n) is 19.0. The van der Waals surface area contributed by atoms with Crippen molar-refractivity contribution in [3.8, 4) is 23.0 Å². The number of hydrogen-bond donors (Lipinski definition) is 11. The fourth-order valence-corrected chi connectivity index (χ4v) is 8.25. The predicted molar refractivity (Wildman–Crippen MR) is 318 cm³/mol. The molecule has 2 atom stereocenters. The first kappa shape index (κ1) is 67.4. The van der Waals surface area contributed by atoms with Crippen LogP contribution < -0.4 is 52.8 Å². The molecule has 0 bridgehead atoms. The minimum absolute atomic E-state index is 0. The summed E-state index contributed by atoms with van der Waals surface area (Å²) < 4.78 is 16.0. The van der Waals surface area contributed by atoms with Crippen molar-refractivity contribution in [1.29, 1.82) is 0 Å². The quantitative estimate of drug-likeness (QED) is 0.0211. The third-order valence-electron chi connectivity index (χ3n) is 12.4. The van der Waals surface area contributed by atoms with Gasteiger partial charge in [-0.1, -0.05) is 36.4 Å². The number of aliphatic carboxylic acids is 1. The van der Waals surface area contributed by atoms with E-state index in [1.165, 1.54) is 7.11 Å². The zero-order valence-electron chi connectivity index (χ0n) is 47.7. The fraction of sp³-hybridized carbons (Fsp3) is 0.356. The molecule has 4 aromatic carbocycles. The summed E-state index contributed by atoms with van der Waals surface area (Å²) in [5, 5.41) is 45.4. The summed E-state index contributed by atoms with van der Waals surface area (Å²) in [5.41, 5.74) is 15.6. The summed E-state index contributed by atoms with van der Waals surface area (Å²) in [5.74, 6) is -2.01. The molecule has 0 radical (unpaired) electrons. The van der Waals surface area contributed by atoms with E-state index in [4.69, 9.17) is 25.7 Å². The Hall–Kier alpha value is -9.13. The first-order chi connectivity index (χ1) is 39.9. The summed E-state index contributed by atoms with van der Waals surface area (Å²) in [7, 11) is 1.20. The fourth-order valence-electron chi connectivity index (χ4n) is 8.25. The number of carboxylic acids is 1. The molecule has 25 heteroatoms. The smallest absolute Gasteiger partial charge is 0.330 e. The van der Waals surface area contributed by atoms with Gasteiger partial charge in [0.2, 0.25) is 11.9 Å². The van der Waals surface area contributed by atoms with Crippen LogP contribution in [-0.2, 0) is 27.2 Å². The number of esters is 1.